The summed E-state index contributed by atoms with van der Waals surface area (Å²) in [5.41, 5.74) is 5.86. The van der Waals surface area contributed by atoms with Crippen molar-refractivity contribution in [3.8, 4) is 5.69 Å². The second-order valence-electron chi connectivity index (χ2n) is 8.95. The minimum atomic E-state index is -0.259. The summed E-state index contributed by atoms with van der Waals surface area (Å²) >= 11 is 1.65. The van der Waals surface area contributed by atoms with Crippen molar-refractivity contribution in [2.45, 2.75) is 59.4 Å². The van der Waals surface area contributed by atoms with Crippen LogP contribution in [0.4, 0.5) is 0 Å². The quantitative estimate of drug-likeness (QED) is 0.394. The fraction of sp³-hybridized carbons (Fsp3) is 0.333. The van der Waals surface area contributed by atoms with Crippen LogP contribution in [0.2, 0.25) is 0 Å². The molecular weight excluding hydrogens is 416 g/mol. The molecular formula is C27H28N2O2S. The first-order chi connectivity index (χ1) is 15.5. The lowest BCUT2D eigenvalue weighted by atomic mass is 10.1. The molecule has 0 fully saturated rings. The predicted molar refractivity (Wildman–Crippen MR) is 133 cm³/mol. The predicted octanol–water partition coefficient (Wildman–Crippen LogP) is 5.46. The van der Waals surface area contributed by atoms with Crippen LogP contribution in [0.15, 0.2) is 52.1 Å². The molecule has 0 saturated heterocycles. The molecule has 0 atom stereocenters. The first-order valence-electron chi connectivity index (χ1n) is 11.4. The van der Waals surface area contributed by atoms with Gasteiger partial charge in [-0.05, 0) is 86.4 Å². The van der Waals surface area contributed by atoms with E-state index in [1.807, 2.05) is 48.7 Å². The van der Waals surface area contributed by atoms with E-state index in [4.69, 9.17) is 0 Å². The van der Waals surface area contributed by atoms with E-state index in [1.165, 1.54) is 21.4 Å². The first-order valence-corrected chi connectivity index (χ1v) is 12.2. The van der Waals surface area contributed by atoms with Crippen LogP contribution in [0, 0.1) is 20.8 Å². The lowest BCUT2D eigenvalue weighted by Gasteiger charge is -2.15. The fourth-order valence-electron chi connectivity index (χ4n) is 4.73. The highest BCUT2D eigenvalue weighted by Gasteiger charge is 2.24. The monoisotopic (exact) mass is 444 g/mol. The van der Waals surface area contributed by atoms with E-state index in [1.54, 1.807) is 11.3 Å². The highest BCUT2D eigenvalue weighted by molar-refractivity contribution is 7.18. The molecule has 2 heterocycles. The van der Waals surface area contributed by atoms with Crippen molar-refractivity contribution in [1.29, 1.82) is 0 Å². The number of thiophene rings is 1. The van der Waals surface area contributed by atoms with Crippen molar-refractivity contribution in [3.63, 3.8) is 0 Å². The van der Waals surface area contributed by atoms with Crippen LogP contribution in [-0.2, 0) is 19.4 Å². The third-order valence-electron chi connectivity index (χ3n) is 6.83. The number of aromatic nitrogens is 2. The standard InChI is InChI=1S/C27H28N2O2S/c1-17-13-14-21(15-19(17)3)29-25(30)24-22-11-5-4-6-12-23(22)32-26(24)28(27(29)31)16-20-10-8-7-9-18(20)2/h7-10,13-15H,4-6,11-12,16H2,1-3H3. The minimum Gasteiger partial charge on any atom is -0.279 e. The van der Waals surface area contributed by atoms with Gasteiger partial charge in [0.2, 0.25) is 0 Å². The van der Waals surface area contributed by atoms with Crippen LogP contribution in [0.3, 0.4) is 0 Å². The molecule has 0 unspecified atom stereocenters. The molecule has 0 amide bonds. The highest BCUT2D eigenvalue weighted by atomic mass is 32.1. The van der Waals surface area contributed by atoms with Crippen molar-refractivity contribution < 1.29 is 0 Å². The zero-order valence-electron chi connectivity index (χ0n) is 18.9. The second-order valence-corrected chi connectivity index (χ2v) is 10.0. The SMILES string of the molecule is Cc1ccc(-n2c(=O)c3c4c(sc3n(Cc3ccccc3C)c2=O)CCCCC4)cc1C. The number of fused-ring (bicyclic) bond motifs is 3. The average Bonchev–Trinajstić information content (AvgIpc) is 2.97. The maximum atomic E-state index is 13.8. The number of benzene rings is 2. The van der Waals surface area contributed by atoms with Gasteiger partial charge in [0.25, 0.3) is 5.56 Å². The van der Waals surface area contributed by atoms with Crippen LogP contribution < -0.4 is 11.2 Å². The van der Waals surface area contributed by atoms with Crippen LogP contribution >= 0.6 is 11.3 Å². The Hall–Kier alpha value is -2.92. The zero-order chi connectivity index (χ0) is 22.4. The molecule has 0 N–H and O–H groups in total. The smallest absolute Gasteiger partial charge is 0.279 e. The van der Waals surface area contributed by atoms with Crippen LogP contribution in [0.1, 0.15) is 52.0 Å². The summed E-state index contributed by atoms with van der Waals surface area (Å²) in [5.74, 6) is 0. The lowest BCUT2D eigenvalue weighted by Crippen LogP contribution is -2.39. The Morgan fingerprint density at radius 1 is 0.875 bits per heavy atom. The zero-order valence-corrected chi connectivity index (χ0v) is 19.7. The van der Waals surface area contributed by atoms with E-state index in [2.05, 4.69) is 19.1 Å². The Morgan fingerprint density at radius 2 is 1.66 bits per heavy atom. The van der Waals surface area contributed by atoms with Crippen LogP contribution in [0.5, 0.6) is 0 Å². The molecule has 4 aromatic rings. The van der Waals surface area contributed by atoms with Crippen molar-refractivity contribution in [2.75, 3.05) is 0 Å². The maximum Gasteiger partial charge on any atom is 0.337 e. The summed E-state index contributed by atoms with van der Waals surface area (Å²) in [7, 11) is 0. The summed E-state index contributed by atoms with van der Waals surface area (Å²) in [6.45, 7) is 6.60. The Kier molecular flexibility index (Phi) is 5.38. The number of hydrogen-bond acceptors (Lipinski definition) is 3. The molecule has 2 aromatic carbocycles. The first kappa shape index (κ1) is 21.0. The molecule has 0 bridgehead atoms. The van der Waals surface area contributed by atoms with Crippen LogP contribution in [0.25, 0.3) is 15.9 Å². The largest absolute Gasteiger partial charge is 0.337 e. The van der Waals surface area contributed by atoms with E-state index in [0.29, 0.717) is 12.2 Å². The summed E-state index contributed by atoms with van der Waals surface area (Å²) in [6, 6.07) is 14.0. The van der Waals surface area contributed by atoms with Crippen molar-refractivity contribution >= 4 is 21.6 Å². The molecule has 0 spiro atoms. The molecule has 5 heteroatoms. The minimum absolute atomic E-state index is 0.173. The van der Waals surface area contributed by atoms with Gasteiger partial charge in [-0.1, -0.05) is 36.8 Å². The number of rotatable bonds is 3. The van der Waals surface area contributed by atoms with E-state index in [-0.39, 0.29) is 11.2 Å². The molecule has 5 rings (SSSR count). The number of hydrogen-bond donors (Lipinski definition) is 0. The second kappa shape index (κ2) is 8.21. The molecule has 4 nitrogen and oxygen atoms in total. The van der Waals surface area contributed by atoms with E-state index < -0.39 is 0 Å². The molecule has 1 aliphatic carbocycles. The molecule has 0 saturated carbocycles. The lowest BCUT2D eigenvalue weighted by molar-refractivity contribution is 0.707. The van der Waals surface area contributed by atoms with E-state index >= 15 is 0 Å². The Balaban J connectivity index is 1.85. The topological polar surface area (TPSA) is 44.0 Å². The average molecular weight is 445 g/mol. The molecule has 0 aliphatic heterocycles. The summed E-state index contributed by atoms with van der Waals surface area (Å²) in [6.07, 6.45) is 5.35. The van der Waals surface area contributed by atoms with Gasteiger partial charge in [0.1, 0.15) is 4.83 Å². The van der Waals surface area contributed by atoms with Crippen molar-refractivity contribution in [1.82, 2.24) is 9.13 Å². The van der Waals surface area contributed by atoms with E-state index in [0.717, 1.165) is 58.2 Å². The molecule has 2 aromatic heterocycles. The Labute approximate surface area is 191 Å². The molecule has 1 aliphatic rings. The van der Waals surface area contributed by atoms with Crippen molar-refractivity contribution in [2.24, 2.45) is 0 Å². The third kappa shape index (κ3) is 3.45. The number of aryl methyl sites for hydroxylation is 5. The fourth-order valence-corrected chi connectivity index (χ4v) is 6.11. The van der Waals surface area contributed by atoms with Gasteiger partial charge in [0.05, 0.1) is 17.6 Å². The van der Waals surface area contributed by atoms with Crippen molar-refractivity contribution in [3.05, 3.63) is 96.0 Å². The third-order valence-corrected chi connectivity index (χ3v) is 8.14. The molecule has 164 valence electrons. The summed E-state index contributed by atoms with van der Waals surface area (Å²) in [4.78, 5) is 29.8. The van der Waals surface area contributed by atoms with Gasteiger partial charge in [-0.15, -0.1) is 11.3 Å². The molecule has 0 radical (unpaired) electrons. The van der Waals surface area contributed by atoms with Gasteiger partial charge in [-0.3, -0.25) is 9.36 Å². The maximum absolute atomic E-state index is 13.8. The Morgan fingerprint density at radius 3 is 2.44 bits per heavy atom. The van der Waals surface area contributed by atoms with E-state index in [9.17, 15) is 9.59 Å². The van der Waals surface area contributed by atoms with Gasteiger partial charge in [0.15, 0.2) is 0 Å². The molecule has 32 heavy (non-hydrogen) atoms. The van der Waals surface area contributed by atoms with Crippen LogP contribution in [-0.4, -0.2) is 9.13 Å². The normalized spacial score (nSPS) is 13.8. The van der Waals surface area contributed by atoms with Gasteiger partial charge >= 0.3 is 5.69 Å². The highest BCUT2D eigenvalue weighted by Crippen LogP contribution is 2.34. The Bertz CT molecular complexity index is 1460. The van der Waals surface area contributed by atoms with Gasteiger partial charge in [-0.2, -0.15) is 0 Å². The van der Waals surface area contributed by atoms with Gasteiger partial charge in [0, 0.05) is 4.88 Å². The number of nitrogens with zero attached hydrogens (tertiary/aromatic N) is 2. The van der Waals surface area contributed by atoms with Gasteiger partial charge < -0.3 is 0 Å². The summed E-state index contributed by atoms with van der Waals surface area (Å²) < 4.78 is 3.22. The summed E-state index contributed by atoms with van der Waals surface area (Å²) in [5, 5.41) is 0.748. The van der Waals surface area contributed by atoms with Gasteiger partial charge in [-0.25, -0.2) is 9.36 Å².